The highest BCUT2D eigenvalue weighted by Gasteiger charge is 2.28. The van der Waals surface area contributed by atoms with Gasteiger partial charge >= 0.3 is 6.09 Å². The largest absolute Gasteiger partial charge is 0.450 e. The predicted octanol–water partition coefficient (Wildman–Crippen LogP) is 2.23. The molecule has 1 heterocycles. The molecule has 25 heavy (non-hydrogen) atoms. The Hall–Kier alpha value is -1.64. The van der Waals surface area contributed by atoms with Crippen LogP contribution in [-0.2, 0) is 4.74 Å². The summed E-state index contributed by atoms with van der Waals surface area (Å²) in [7, 11) is 0. The summed E-state index contributed by atoms with van der Waals surface area (Å²) >= 11 is 4.41. The van der Waals surface area contributed by atoms with Crippen molar-refractivity contribution in [2.45, 2.75) is 78.0 Å². The Kier molecular flexibility index (Phi) is 8.34. The Balaban J connectivity index is 0.000000333. The first kappa shape index (κ1) is 21.4. The van der Waals surface area contributed by atoms with Crippen molar-refractivity contribution in [1.29, 1.82) is 0 Å². The molecule has 1 aliphatic heterocycles. The van der Waals surface area contributed by atoms with Gasteiger partial charge in [0.2, 0.25) is 11.9 Å². The minimum absolute atomic E-state index is 0.0121. The number of unbranched alkanes of at least 4 members (excludes halogenated alkanes) is 1. The quantitative estimate of drug-likeness (QED) is 0.447. The van der Waals surface area contributed by atoms with Crippen LogP contribution >= 0.6 is 12.8 Å². The number of aliphatic imine (C=N–C) groups is 2. The molecular weight excluding hydrogens is 340 g/mol. The summed E-state index contributed by atoms with van der Waals surface area (Å²) < 4.78 is 6.19. The van der Waals surface area contributed by atoms with Crippen molar-refractivity contribution in [3.63, 3.8) is 0 Å². The average molecular weight is 373 g/mol. The number of guanidine groups is 2. The highest BCUT2D eigenvalue weighted by Crippen LogP contribution is 2.21. The molecule has 1 fully saturated rings. The van der Waals surface area contributed by atoms with Gasteiger partial charge in [0.15, 0.2) is 0 Å². The molecule has 0 spiro atoms. The molecule has 2 rings (SSSR count). The normalized spacial score (nSPS) is 19.9. The first-order valence-corrected chi connectivity index (χ1v) is 9.14. The van der Waals surface area contributed by atoms with Crippen molar-refractivity contribution < 1.29 is 9.53 Å². The van der Waals surface area contributed by atoms with Crippen LogP contribution < -0.4 is 16.4 Å². The number of rotatable bonds is 4. The lowest BCUT2D eigenvalue weighted by atomic mass is 10.1. The SMILES string of the molecule is CC1N=C(NC(C)(C)C)N=C(NC2CC2)N1S.CCCCOC(N)=O. The van der Waals surface area contributed by atoms with E-state index in [0.29, 0.717) is 18.6 Å². The van der Waals surface area contributed by atoms with Gasteiger partial charge in [-0.15, -0.1) is 0 Å². The summed E-state index contributed by atoms with van der Waals surface area (Å²) in [5, 5.41) is 6.66. The summed E-state index contributed by atoms with van der Waals surface area (Å²) in [5.74, 6) is 1.48. The lowest BCUT2D eigenvalue weighted by molar-refractivity contribution is 0.155. The lowest BCUT2D eigenvalue weighted by Gasteiger charge is -2.30. The number of nitrogens with one attached hydrogen (secondary N) is 2. The van der Waals surface area contributed by atoms with E-state index >= 15 is 0 Å². The standard InChI is InChI=1S/C11H21N5S.C5H11NO2/c1-7-12-9(15-11(2,3)4)14-10(16(7)17)13-8-5-6-8;1-2-3-4-8-5(6)7/h7-8,17H,5-6H2,1-4H3,(H2,12,13,14,15);2-4H2,1H3,(H2,6,7). The van der Waals surface area contributed by atoms with Gasteiger partial charge in [0, 0.05) is 11.6 Å². The minimum Gasteiger partial charge on any atom is -0.450 e. The average Bonchev–Trinajstić information content (AvgIpc) is 3.27. The van der Waals surface area contributed by atoms with Gasteiger partial charge < -0.3 is 21.1 Å². The molecule has 0 aromatic carbocycles. The van der Waals surface area contributed by atoms with E-state index < -0.39 is 6.09 Å². The Morgan fingerprint density at radius 2 is 2.08 bits per heavy atom. The fourth-order valence-electron chi connectivity index (χ4n) is 1.81. The van der Waals surface area contributed by atoms with Gasteiger partial charge in [-0.1, -0.05) is 26.2 Å². The van der Waals surface area contributed by atoms with Crippen LogP contribution in [0.15, 0.2) is 9.98 Å². The summed E-state index contributed by atoms with van der Waals surface area (Å²) in [4.78, 5) is 18.8. The predicted molar refractivity (Wildman–Crippen MR) is 105 cm³/mol. The van der Waals surface area contributed by atoms with Gasteiger partial charge in [-0.3, -0.25) is 4.31 Å². The Bertz CT molecular complexity index is 499. The van der Waals surface area contributed by atoms with E-state index in [4.69, 9.17) is 0 Å². The van der Waals surface area contributed by atoms with E-state index in [0.717, 1.165) is 18.8 Å². The maximum Gasteiger partial charge on any atom is 0.404 e. The maximum absolute atomic E-state index is 9.87. The third-order valence-corrected chi connectivity index (χ3v) is 3.76. The monoisotopic (exact) mass is 372 g/mol. The van der Waals surface area contributed by atoms with Gasteiger partial charge in [0.1, 0.15) is 6.17 Å². The first-order valence-electron chi connectivity index (χ1n) is 8.74. The number of nitrogens with zero attached hydrogens (tertiary/aromatic N) is 3. The number of carbonyl (C=O) groups excluding carboxylic acids is 1. The third kappa shape index (κ3) is 9.42. The van der Waals surface area contributed by atoms with Crippen molar-refractivity contribution in [3.05, 3.63) is 0 Å². The minimum atomic E-state index is -0.682. The Labute approximate surface area is 156 Å². The molecule has 4 N–H and O–H groups in total. The van der Waals surface area contributed by atoms with Crippen LogP contribution in [-0.4, -0.2) is 46.7 Å². The van der Waals surface area contributed by atoms with E-state index in [1.807, 2.05) is 13.8 Å². The molecule has 0 radical (unpaired) electrons. The molecule has 2 aliphatic rings. The summed E-state index contributed by atoms with van der Waals surface area (Å²) in [6.07, 6.45) is 3.65. The van der Waals surface area contributed by atoms with Gasteiger partial charge in [0.25, 0.3) is 0 Å². The molecule has 1 atom stereocenters. The smallest absolute Gasteiger partial charge is 0.404 e. The van der Waals surface area contributed by atoms with E-state index in [1.54, 1.807) is 4.31 Å². The van der Waals surface area contributed by atoms with Crippen molar-refractivity contribution in [2.75, 3.05) is 6.61 Å². The summed E-state index contributed by atoms with van der Waals surface area (Å²) in [5.41, 5.74) is 4.64. The second-order valence-electron chi connectivity index (χ2n) is 7.18. The Morgan fingerprint density at radius 1 is 1.44 bits per heavy atom. The van der Waals surface area contributed by atoms with Gasteiger partial charge in [-0.05, 0) is 47.0 Å². The fraction of sp³-hybridized carbons (Fsp3) is 0.812. The number of carbonyl (C=O) groups is 1. The molecule has 1 unspecified atom stereocenters. The molecule has 0 saturated heterocycles. The van der Waals surface area contributed by atoms with Crippen molar-refractivity contribution in [2.24, 2.45) is 15.7 Å². The van der Waals surface area contributed by atoms with E-state index in [-0.39, 0.29) is 11.7 Å². The van der Waals surface area contributed by atoms with Crippen molar-refractivity contribution >= 4 is 30.8 Å². The highest BCUT2D eigenvalue weighted by molar-refractivity contribution is 7.78. The van der Waals surface area contributed by atoms with E-state index in [2.05, 4.69) is 64.7 Å². The van der Waals surface area contributed by atoms with Crippen LogP contribution in [0.5, 0.6) is 0 Å². The molecule has 0 aromatic heterocycles. The van der Waals surface area contributed by atoms with E-state index in [9.17, 15) is 4.79 Å². The Morgan fingerprint density at radius 3 is 2.56 bits per heavy atom. The number of amides is 1. The first-order chi connectivity index (χ1) is 11.6. The second-order valence-corrected chi connectivity index (χ2v) is 7.61. The molecular formula is C16H32N6O2S. The summed E-state index contributed by atoms with van der Waals surface area (Å²) in [6.45, 7) is 10.8. The van der Waals surface area contributed by atoms with Crippen LogP contribution in [0, 0.1) is 0 Å². The van der Waals surface area contributed by atoms with Gasteiger partial charge in [0.05, 0.1) is 6.61 Å². The number of ether oxygens (including phenoxy) is 1. The van der Waals surface area contributed by atoms with Crippen LogP contribution in [0.4, 0.5) is 4.79 Å². The van der Waals surface area contributed by atoms with Gasteiger partial charge in [-0.2, -0.15) is 4.99 Å². The second kappa shape index (κ2) is 9.74. The zero-order chi connectivity index (χ0) is 19.0. The molecule has 1 aliphatic carbocycles. The van der Waals surface area contributed by atoms with Crippen LogP contribution in [0.25, 0.3) is 0 Å². The van der Waals surface area contributed by atoms with Crippen LogP contribution in [0.1, 0.15) is 60.3 Å². The van der Waals surface area contributed by atoms with Gasteiger partial charge in [-0.25, -0.2) is 9.79 Å². The number of thiol groups is 1. The molecule has 8 nitrogen and oxygen atoms in total. The van der Waals surface area contributed by atoms with Crippen LogP contribution in [0.2, 0.25) is 0 Å². The van der Waals surface area contributed by atoms with Crippen molar-refractivity contribution in [1.82, 2.24) is 14.9 Å². The lowest BCUT2D eigenvalue weighted by Crippen LogP contribution is -2.49. The van der Waals surface area contributed by atoms with E-state index in [1.165, 1.54) is 12.8 Å². The highest BCUT2D eigenvalue weighted by atomic mass is 32.1. The van der Waals surface area contributed by atoms with Crippen molar-refractivity contribution in [3.8, 4) is 0 Å². The fourth-order valence-corrected chi connectivity index (χ4v) is 1.96. The molecule has 1 saturated carbocycles. The maximum atomic E-state index is 9.87. The number of hydrogen-bond acceptors (Lipinski definition) is 8. The topological polar surface area (TPSA) is 104 Å². The third-order valence-electron chi connectivity index (χ3n) is 3.23. The molecule has 9 heteroatoms. The summed E-state index contributed by atoms with van der Waals surface area (Å²) in [6, 6.07) is 0.560. The number of hydrogen-bond donors (Lipinski definition) is 4. The molecule has 1 amide bonds. The van der Waals surface area contributed by atoms with Crippen LogP contribution in [0.3, 0.4) is 0 Å². The molecule has 0 bridgehead atoms. The zero-order valence-electron chi connectivity index (χ0n) is 15.9. The zero-order valence-corrected chi connectivity index (χ0v) is 16.8. The molecule has 144 valence electrons. The molecule has 0 aromatic rings. The number of primary amides is 1. The number of nitrogens with two attached hydrogens (primary N) is 1.